The molecular weight excluding hydrogens is 308 g/mol. The molecule has 1 aromatic heterocycles. The zero-order valence-corrected chi connectivity index (χ0v) is 14.9. The molecule has 0 aliphatic carbocycles. The van der Waals surface area contributed by atoms with Gasteiger partial charge in [-0.3, -0.25) is 4.79 Å². The number of aryl methyl sites for hydroxylation is 2. The van der Waals surface area contributed by atoms with Gasteiger partial charge in [-0.15, -0.1) is 0 Å². The van der Waals surface area contributed by atoms with Crippen molar-refractivity contribution in [3.63, 3.8) is 0 Å². The van der Waals surface area contributed by atoms with Crippen molar-refractivity contribution < 1.29 is 4.79 Å². The Hall–Kier alpha value is -2.55. The first-order valence-corrected chi connectivity index (χ1v) is 9.15. The Morgan fingerprint density at radius 3 is 2.56 bits per heavy atom. The topological polar surface area (TPSA) is 34.0 Å². The molecule has 0 fully saturated rings. The Morgan fingerprint density at radius 1 is 1.00 bits per heavy atom. The lowest BCUT2D eigenvalue weighted by Crippen LogP contribution is -2.25. The first-order valence-electron chi connectivity index (χ1n) is 9.15. The quantitative estimate of drug-likeness (QED) is 0.653. The zero-order valence-electron chi connectivity index (χ0n) is 14.9. The van der Waals surface area contributed by atoms with E-state index in [4.69, 9.17) is 0 Å². The van der Waals surface area contributed by atoms with Crippen LogP contribution in [-0.4, -0.2) is 17.0 Å². The number of hydrogen-bond acceptors (Lipinski definition) is 1. The average Bonchev–Trinajstić information content (AvgIpc) is 2.99. The maximum atomic E-state index is 11.6. The summed E-state index contributed by atoms with van der Waals surface area (Å²) in [4.78, 5) is 11.6. The molecule has 1 amide bonds. The maximum absolute atomic E-state index is 11.6. The Balaban J connectivity index is 1.70. The largest absolute Gasteiger partial charge is 0.356 e. The second kappa shape index (κ2) is 8.52. The van der Waals surface area contributed by atoms with E-state index >= 15 is 0 Å². The minimum absolute atomic E-state index is 0.148. The van der Waals surface area contributed by atoms with Crippen LogP contribution in [-0.2, 0) is 24.2 Å². The molecule has 25 heavy (non-hydrogen) atoms. The Labute approximate surface area is 149 Å². The molecule has 130 valence electrons. The third-order valence-electron chi connectivity index (χ3n) is 4.55. The summed E-state index contributed by atoms with van der Waals surface area (Å²) in [6.07, 6.45) is 5.64. The number of fused-ring (bicyclic) bond motifs is 1. The maximum Gasteiger partial charge on any atom is 0.219 e. The van der Waals surface area contributed by atoms with Crippen LogP contribution in [0.4, 0.5) is 0 Å². The monoisotopic (exact) mass is 334 g/mol. The molecule has 1 heterocycles. The number of hydrogen-bond donors (Lipinski definition) is 1. The minimum Gasteiger partial charge on any atom is -0.356 e. The van der Waals surface area contributed by atoms with Crippen LogP contribution in [0.5, 0.6) is 0 Å². The number of carbonyl (C=O) groups is 1. The molecule has 3 heteroatoms. The fourth-order valence-corrected chi connectivity index (χ4v) is 3.25. The summed E-state index contributed by atoms with van der Waals surface area (Å²) in [5.74, 6) is 0.148. The molecule has 0 saturated carbocycles. The first-order chi connectivity index (χ1) is 12.3. The van der Waals surface area contributed by atoms with Crippen molar-refractivity contribution in [1.29, 1.82) is 0 Å². The standard InChI is InChI=1S/C22H26N2O/c1-2-8-22(25)23-15-13-19-17-24(21-12-7-6-11-20(19)21)16-14-18-9-4-3-5-10-18/h3-7,9-12,17H,2,8,13-16H2,1H3,(H,23,25). The van der Waals surface area contributed by atoms with E-state index in [9.17, 15) is 4.79 Å². The molecule has 0 aliphatic heterocycles. The van der Waals surface area contributed by atoms with E-state index in [2.05, 4.69) is 70.7 Å². The average molecular weight is 334 g/mol. The number of para-hydroxylation sites is 1. The van der Waals surface area contributed by atoms with Crippen molar-refractivity contribution in [2.75, 3.05) is 6.54 Å². The number of carbonyl (C=O) groups excluding carboxylic acids is 1. The highest BCUT2D eigenvalue weighted by atomic mass is 16.1. The van der Waals surface area contributed by atoms with Gasteiger partial charge in [-0.05, 0) is 36.5 Å². The van der Waals surface area contributed by atoms with Crippen LogP contribution >= 0.6 is 0 Å². The normalized spacial score (nSPS) is 10.9. The molecule has 2 aromatic carbocycles. The molecule has 3 aromatic rings. The van der Waals surface area contributed by atoms with Crippen molar-refractivity contribution in [2.45, 2.75) is 39.2 Å². The number of nitrogens with one attached hydrogen (secondary N) is 1. The number of benzene rings is 2. The lowest BCUT2D eigenvalue weighted by molar-refractivity contribution is -0.121. The van der Waals surface area contributed by atoms with Crippen LogP contribution in [0.3, 0.4) is 0 Å². The van der Waals surface area contributed by atoms with Gasteiger partial charge in [0.2, 0.25) is 5.91 Å². The fourth-order valence-electron chi connectivity index (χ4n) is 3.25. The summed E-state index contributed by atoms with van der Waals surface area (Å²) >= 11 is 0. The molecule has 0 unspecified atom stereocenters. The second-order valence-corrected chi connectivity index (χ2v) is 6.45. The van der Waals surface area contributed by atoms with Gasteiger partial charge < -0.3 is 9.88 Å². The third-order valence-corrected chi connectivity index (χ3v) is 4.55. The predicted molar refractivity (Wildman–Crippen MR) is 104 cm³/mol. The molecule has 0 saturated heterocycles. The number of aromatic nitrogens is 1. The highest BCUT2D eigenvalue weighted by Crippen LogP contribution is 2.22. The zero-order chi connectivity index (χ0) is 17.5. The van der Waals surface area contributed by atoms with Gasteiger partial charge in [0.25, 0.3) is 0 Å². The second-order valence-electron chi connectivity index (χ2n) is 6.45. The lowest BCUT2D eigenvalue weighted by Gasteiger charge is -2.05. The van der Waals surface area contributed by atoms with Gasteiger partial charge >= 0.3 is 0 Å². The summed E-state index contributed by atoms with van der Waals surface area (Å²) in [6, 6.07) is 19.1. The molecule has 0 radical (unpaired) electrons. The smallest absolute Gasteiger partial charge is 0.219 e. The van der Waals surface area contributed by atoms with Gasteiger partial charge in [0.15, 0.2) is 0 Å². The molecule has 3 rings (SSSR count). The minimum atomic E-state index is 0.148. The van der Waals surface area contributed by atoms with E-state index in [1.54, 1.807) is 0 Å². The molecule has 0 aliphatic rings. The van der Waals surface area contributed by atoms with E-state index in [1.165, 1.54) is 22.0 Å². The fraction of sp³-hybridized carbons (Fsp3) is 0.318. The van der Waals surface area contributed by atoms with Crippen molar-refractivity contribution >= 4 is 16.8 Å². The van der Waals surface area contributed by atoms with E-state index < -0.39 is 0 Å². The van der Waals surface area contributed by atoms with Gasteiger partial charge in [-0.25, -0.2) is 0 Å². The summed E-state index contributed by atoms with van der Waals surface area (Å²) in [5.41, 5.74) is 3.93. The Morgan fingerprint density at radius 2 is 1.76 bits per heavy atom. The van der Waals surface area contributed by atoms with E-state index in [0.29, 0.717) is 13.0 Å². The number of rotatable bonds is 8. The van der Waals surface area contributed by atoms with Crippen molar-refractivity contribution in [3.05, 3.63) is 71.9 Å². The Bertz CT molecular complexity index is 820. The van der Waals surface area contributed by atoms with E-state index in [-0.39, 0.29) is 5.91 Å². The molecule has 0 bridgehead atoms. The van der Waals surface area contributed by atoms with Crippen molar-refractivity contribution in [3.8, 4) is 0 Å². The predicted octanol–water partition coefficient (Wildman–Crippen LogP) is 4.34. The molecule has 1 N–H and O–H groups in total. The third kappa shape index (κ3) is 4.50. The van der Waals surface area contributed by atoms with Gasteiger partial charge in [0.05, 0.1) is 0 Å². The summed E-state index contributed by atoms with van der Waals surface area (Å²) in [6.45, 7) is 3.69. The van der Waals surface area contributed by atoms with Gasteiger partial charge in [0, 0.05) is 36.6 Å². The van der Waals surface area contributed by atoms with Crippen LogP contribution in [0.1, 0.15) is 30.9 Å². The molecular formula is C22H26N2O. The van der Waals surface area contributed by atoms with Crippen LogP contribution in [0.2, 0.25) is 0 Å². The molecule has 3 nitrogen and oxygen atoms in total. The number of amides is 1. The van der Waals surface area contributed by atoms with E-state index in [0.717, 1.165) is 25.8 Å². The van der Waals surface area contributed by atoms with Crippen LogP contribution < -0.4 is 5.32 Å². The highest BCUT2D eigenvalue weighted by molar-refractivity contribution is 5.84. The summed E-state index contributed by atoms with van der Waals surface area (Å²) in [5, 5.41) is 4.31. The van der Waals surface area contributed by atoms with Crippen LogP contribution in [0.15, 0.2) is 60.8 Å². The van der Waals surface area contributed by atoms with Gasteiger partial charge in [-0.2, -0.15) is 0 Å². The van der Waals surface area contributed by atoms with Crippen molar-refractivity contribution in [2.24, 2.45) is 0 Å². The molecule has 0 atom stereocenters. The molecule has 0 spiro atoms. The highest BCUT2D eigenvalue weighted by Gasteiger charge is 2.08. The Kier molecular flexibility index (Phi) is 5.89. The van der Waals surface area contributed by atoms with Crippen LogP contribution in [0.25, 0.3) is 10.9 Å². The van der Waals surface area contributed by atoms with Gasteiger partial charge in [-0.1, -0.05) is 55.5 Å². The SMILES string of the molecule is CCCC(=O)NCCc1cn(CCc2ccccc2)c2ccccc12. The summed E-state index contributed by atoms with van der Waals surface area (Å²) in [7, 11) is 0. The first kappa shape index (κ1) is 17.3. The lowest BCUT2D eigenvalue weighted by atomic mass is 10.1. The summed E-state index contributed by atoms with van der Waals surface area (Å²) < 4.78 is 2.34. The van der Waals surface area contributed by atoms with E-state index in [1.807, 2.05) is 6.92 Å². The number of nitrogens with zero attached hydrogens (tertiary/aromatic N) is 1. The van der Waals surface area contributed by atoms with Crippen LogP contribution in [0, 0.1) is 0 Å². The van der Waals surface area contributed by atoms with Gasteiger partial charge in [0.1, 0.15) is 0 Å². The van der Waals surface area contributed by atoms with Crippen molar-refractivity contribution in [1.82, 2.24) is 9.88 Å².